The highest BCUT2D eigenvalue weighted by Gasteiger charge is 2.37. The van der Waals surface area contributed by atoms with Crippen molar-refractivity contribution in [3.8, 4) is 23.0 Å². The normalized spacial score (nSPS) is 16.5. The molecule has 0 radical (unpaired) electrons. The van der Waals surface area contributed by atoms with Gasteiger partial charge in [-0.1, -0.05) is 29.8 Å². The van der Waals surface area contributed by atoms with Crippen molar-refractivity contribution in [3.05, 3.63) is 76.8 Å². The van der Waals surface area contributed by atoms with Crippen LogP contribution in [0, 0.1) is 11.8 Å². The zero-order chi connectivity index (χ0) is 27.2. The summed E-state index contributed by atoms with van der Waals surface area (Å²) in [4.78, 5) is 26.7. The Balaban J connectivity index is 1.46. The van der Waals surface area contributed by atoms with Gasteiger partial charge in [-0.25, -0.2) is 4.79 Å². The molecule has 200 valence electrons. The number of hydrogen-bond donors (Lipinski definition) is 0. The first-order valence-corrected chi connectivity index (χ1v) is 12.5. The number of methoxy groups -OCH3 is 3. The first-order chi connectivity index (χ1) is 18.3. The van der Waals surface area contributed by atoms with E-state index in [9.17, 15) is 9.59 Å². The van der Waals surface area contributed by atoms with Crippen LogP contribution in [0.3, 0.4) is 0 Å². The monoisotopic (exact) mass is 539 g/mol. The summed E-state index contributed by atoms with van der Waals surface area (Å²) >= 11 is 6.04. The fourth-order valence-corrected chi connectivity index (χ4v) is 4.68. The molecule has 1 fully saturated rings. The molecule has 9 heteroatoms. The number of ether oxygens (including phenoxy) is 5. The molecule has 38 heavy (non-hydrogen) atoms. The Morgan fingerprint density at radius 1 is 0.895 bits per heavy atom. The Morgan fingerprint density at radius 2 is 1.53 bits per heavy atom. The summed E-state index contributed by atoms with van der Waals surface area (Å²) in [5.74, 6) is 1.39. The van der Waals surface area contributed by atoms with Crippen LogP contribution in [0.25, 0.3) is 0 Å². The fourth-order valence-electron chi connectivity index (χ4n) is 4.50. The molecule has 0 N–H and O–H groups in total. The van der Waals surface area contributed by atoms with Gasteiger partial charge >= 0.3 is 12.1 Å². The standard InChI is InChI=1S/C29H30ClNO7/c1-31(22-7-5-6-21(30)16-22)29(33)38-25-11-9-19(15-27(25)36-4)13-23-20(17-37-28(23)32)12-18-8-10-24(34-2)26(14-18)35-3/h5-11,14-16,20,23H,12-13,17H2,1-4H3/t20-,23+/m0/s1. The third-order valence-corrected chi connectivity index (χ3v) is 6.84. The van der Waals surface area contributed by atoms with Gasteiger partial charge in [-0.15, -0.1) is 0 Å². The summed E-state index contributed by atoms with van der Waals surface area (Å²) in [7, 11) is 6.28. The summed E-state index contributed by atoms with van der Waals surface area (Å²) in [6, 6.07) is 17.9. The van der Waals surface area contributed by atoms with E-state index < -0.39 is 6.09 Å². The van der Waals surface area contributed by atoms with Crippen molar-refractivity contribution in [1.82, 2.24) is 0 Å². The van der Waals surface area contributed by atoms with Gasteiger partial charge in [0.2, 0.25) is 0 Å². The highest BCUT2D eigenvalue weighted by Crippen LogP contribution is 2.35. The predicted molar refractivity (Wildman–Crippen MR) is 144 cm³/mol. The highest BCUT2D eigenvalue weighted by molar-refractivity contribution is 6.30. The number of esters is 1. The smallest absolute Gasteiger partial charge is 0.419 e. The van der Waals surface area contributed by atoms with Crippen LogP contribution in [-0.2, 0) is 22.4 Å². The molecular formula is C29H30ClNO7. The molecule has 0 bridgehead atoms. The molecule has 1 aliphatic rings. The molecule has 1 aliphatic heterocycles. The molecule has 0 saturated carbocycles. The Hall–Kier alpha value is -3.91. The second kappa shape index (κ2) is 12.1. The molecule has 0 aliphatic carbocycles. The Morgan fingerprint density at radius 3 is 2.18 bits per heavy atom. The van der Waals surface area contributed by atoms with Crippen molar-refractivity contribution in [1.29, 1.82) is 0 Å². The molecule has 1 heterocycles. The molecule has 0 spiro atoms. The predicted octanol–water partition coefficient (Wildman–Crippen LogP) is 5.58. The molecule has 2 atom stereocenters. The lowest BCUT2D eigenvalue weighted by molar-refractivity contribution is -0.141. The van der Waals surface area contributed by atoms with E-state index in [4.69, 9.17) is 35.3 Å². The van der Waals surface area contributed by atoms with E-state index in [2.05, 4.69) is 0 Å². The van der Waals surface area contributed by atoms with Gasteiger partial charge in [-0.3, -0.25) is 9.69 Å². The Kier molecular flexibility index (Phi) is 8.63. The molecule has 0 unspecified atom stereocenters. The summed E-state index contributed by atoms with van der Waals surface area (Å²) in [5.41, 5.74) is 2.49. The van der Waals surface area contributed by atoms with E-state index in [1.807, 2.05) is 24.3 Å². The largest absolute Gasteiger partial charge is 0.493 e. The number of amides is 1. The van der Waals surface area contributed by atoms with Gasteiger partial charge in [0.15, 0.2) is 23.0 Å². The number of nitrogens with zero attached hydrogens (tertiary/aromatic N) is 1. The van der Waals surface area contributed by atoms with Crippen molar-refractivity contribution in [3.63, 3.8) is 0 Å². The molecular weight excluding hydrogens is 510 g/mol. The van der Waals surface area contributed by atoms with Gasteiger partial charge in [-0.05, 0) is 66.4 Å². The van der Waals surface area contributed by atoms with Gasteiger partial charge in [0.25, 0.3) is 0 Å². The first-order valence-electron chi connectivity index (χ1n) is 12.1. The first kappa shape index (κ1) is 27.1. The zero-order valence-corrected chi connectivity index (χ0v) is 22.5. The summed E-state index contributed by atoms with van der Waals surface area (Å²) in [5, 5.41) is 0.513. The van der Waals surface area contributed by atoms with Crippen molar-refractivity contribution in [2.24, 2.45) is 11.8 Å². The highest BCUT2D eigenvalue weighted by atomic mass is 35.5. The van der Waals surface area contributed by atoms with Crippen LogP contribution in [0.4, 0.5) is 10.5 Å². The average Bonchev–Trinajstić information content (AvgIpc) is 3.26. The number of carbonyl (C=O) groups excluding carboxylic acids is 2. The summed E-state index contributed by atoms with van der Waals surface area (Å²) < 4.78 is 27.2. The molecule has 1 amide bonds. The maximum Gasteiger partial charge on any atom is 0.419 e. The van der Waals surface area contributed by atoms with Gasteiger partial charge in [-0.2, -0.15) is 0 Å². The van der Waals surface area contributed by atoms with E-state index in [1.165, 1.54) is 12.0 Å². The lowest BCUT2D eigenvalue weighted by Gasteiger charge is -2.19. The fraction of sp³-hybridized carbons (Fsp3) is 0.310. The average molecular weight is 540 g/mol. The van der Waals surface area contributed by atoms with Crippen molar-refractivity contribution in [2.45, 2.75) is 12.8 Å². The SMILES string of the molecule is COc1ccc(C[C@H]2COC(=O)[C@@H]2Cc2ccc(OC(=O)N(C)c3cccc(Cl)c3)c(OC)c2)cc1OC. The third kappa shape index (κ3) is 6.14. The Bertz CT molecular complexity index is 1310. The lowest BCUT2D eigenvalue weighted by Crippen LogP contribution is -2.29. The van der Waals surface area contributed by atoms with E-state index in [1.54, 1.807) is 57.7 Å². The minimum atomic E-state index is -0.590. The zero-order valence-electron chi connectivity index (χ0n) is 21.7. The van der Waals surface area contributed by atoms with Gasteiger partial charge in [0, 0.05) is 23.7 Å². The number of benzene rings is 3. The van der Waals surface area contributed by atoms with Gasteiger partial charge in [0.05, 0.1) is 33.9 Å². The van der Waals surface area contributed by atoms with Crippen LogP contribution in [0.15, 0.2) is 60.7 Å². The maximum atomic E-state index is 12.7. The Labute approximate surface area is 227 Å². The van der Waals surface area contributed by atoms with E-state index in [0.717, 1.165) is 11.1 Å². The molecule has 4 rings (SSSR count). The molecule has 1 saturated heterocycles. The van der Waals surface area contributed by atoms with Crippen LogP contribution in [0.1, 0.15) is 11.1 Å². The number of carbonyl (C=O) groups is 2. The summed E-state index contributed by atoms with van der Waals surface area (Å²) in [6.45, 7) is 0.348. The van der Waals surface area contributed by atoms with Crippen molar-refractivity contribution < 1.29 is 33.3 Å². The number of hydrogen-bond acceptors (Lipinski definition) is 7. The maximum absolute atomic E-state index is 12.7. The number of anilines is 1. The second-order valence-electron chi connectivity index (χ2n) is 8.99. The van der Waals surface area contributed by atoms with Crippen molar-refractivity contribution >= 4 is 29.4 Å². The van der Waals surface area contributed by atoms with Crippen LogP contribution < -0.4 is 23.8 Å². The molecule has 8 nitrogen and oxygen atoms in total. The lowest BCUT2D eigenvalue weighted by atomic mass is 9.85. The van der Waals surface area contributed by atoms with Crippen molar-refractivity contribution in [2.75, 3.05) is 39.9 Å². The number of cyclic esters (lactones) is 1. The van der Waals surface area contributed by atoms with E-state index >= 15 is 0 Å². The van der Waals surface area contributed by atoms with E-state index in [-0.39, 0.29) is 23.6 Å². The molecule has 3 aromatic rings. The van der Waals surface area contributed by atoms with E-state index in [0.29, 0.717) is 47.4 Å². The number of rotatable bonds is 9. The minimum absolute atomic E-state index is 0.00422. The van der Waals surface area contributed by atoms with Crippen LogP contribution >= 0.6 is 11.6 Å². The van der Waals surface area contributed by atoms with Crippen LogP contribution in [-0.4, -0.2) is 47.0 Å². The summed E-state index contributed by atoms with van der Waals surface area (Å²) in [6.07, 6.45) is 0.524. The topological polar surface area (TPSA) is 83.5 Å². The number of halogens is 1. The molecule has 3 aromatic carbocycles. The van der Waals surface area contributed by atoms with Crippen LogP contribution in [0.2, 0.25) is 5.02 Å². The van der Waals surface area contributed by atoms with Crippen LogP contribution in [0.5, 0.6) is 23.0 Å². The quantitative estimate of drug-likeness (QED) is 0.328. The second-order valence-corrected chi connectivity index (χ2v) is 9.42. The minimum Gasteiger partial charge on any atom is -0.493 e. The third-order valence-electron chi connectivity index (χ3n) is 6.61. The molecule has 0 aromatic heterocycles. The van der Waals surface area contributed by atoms with Gasteiger partial charge in [0.1, 0.15) is 0 Å². The van der Waals surface area contributed by atoms with Gasteiger partial charge < -0.3 is 23.7 Å².